The average Bonchev–Trinajstić information content (AvgIpc) is 3.30. The van der Waals surface area contributed by atoms with Crippen LogP contribution in [-0.4, -0.2) is 25.7 Å². The van der Waals surface area contributed by atoms with Crippen LogP contribution in [0.3, 0.4) is 0 Å². The molecule has 0 saturated heterocycles. The third kappa shape index (κ3) is 6.54. The number of aryl methyl sites for hydroxylation is 1. The summed E-state index contributed by atoms with van der Waals surface area (Å²) in [6.07, 6.45) is 1.79. The molecule has 0 aliphatic heterocycles. The van der Waals surface area contributed by atoms with E-state index in [1.807, 2.05) is 36.7 Å². The van der Waals surface area contributed by atoms with Gasteiger partial charge in [0, 0.05) is 12.5 Å². The Bertz CT molecular complexity index is 957. The highest BCUT2D eigenvalue weighted by Crippen LogP contribution is 2.22. The maximum atomic E-state index is 5.86. The van der Waals surface area contributed by atoms with Crippen LogP contribution in [0.25, 0.3) is 0 Å². The number of guanidine groups is 1. The predicted octanol–water partition coefficient (Wildman–Crippen LogP) is 3.46. The molecule has 1 aromatic carbocycles. The van der Waals surface area contributed by atoms with E-state index >= 15 is 0 Å². The first-order valence-electron chi connectivity index (χ1n) is 9.69. The van der Waals surface area contributed by atoms with E-state index in [4.69, 9.17) is 4.42 Å². The van der Waals surface area contributed by atoms with Crippen LogP contribution in [-0.2, 0) is 32.1 Å². The van der Waals surface area contributed by atoms with Crippen molar-refractivity contribution in [1.29, 1.82) is 0 Å². The number of oxazole rings is 1. The number of rotatable bonds is 6. The summed E-state index contributed by atoms with van der Waals surface area (Å²) in [5.41, 5.74) is 1.06. The molecule has 8 nitrogen and oxygen atoms in total. The van der Waals surface area contributed by atoms with E-state index in [-0.39, 0.29) is 29.4 Å². The quantitative estimate of drug-likeness (QED) is 0.292. The van der Waals surface area contributed by atoms with Crippen molar-refractivity contribution in [2.75, 3.05) is 0 Å². The molecule has 2 aromatic heterocycles. The smallest absolute Gasteiger partial charge is 0.213 e. The number of aromatic nitrogens is 4. The monoisotopic (exact) mass is 523 g/mol. The van der Waals surface area contributed by atoms with Crippen molar-refractivity contribution in [2.45, 2.75) is 52.7 Å². The number of aliphatic imine (C=N–C) groups is 1. The second-order valence-electron chi connectivity index (χ2n) is 7.95. The van der Waals surface area contributed by atoms with E-state index < -0.39 is 0 Å². The minimum atomic E-state index is -0.0726. The molecular weight excluding hydrogens is 493 g/mol. The van der Waals surface area contributed by atoms with Gasteiger partial charge in [-0.15, -0.1) is 34.2 Å². The SMILES string of the molecule is Cc1nnc(CNC(=NCc2ccccc2)NCc2ncc(C(C)(C)C)o2)n1C.I. The number of nitrogens with one attached hydrogen (secondary N) is 2. The van der Waals surface area contributed by atoms with Gasteiger partial charge in [-0.3, -0.25) is 0 Å². The Morgan fingerprint density at radius 1 is 1.10 bits per heavy atom. The number of halogens is 1. The van der Waals surface area contributed by atoms with Gasteiger partial charge in [-0.2, -0.15) is 0 Å². The van der Waals surface area contributed by atoms with Crippen LogP contribution in [0.5, 0.6) is 0 Å². The Balaban J connectivity index is 0.00000320. The van der Waals surface area contributed by atoms with Gasteiger partial charge in [-0.05, 0) is 12.5 Å². The average molecular weight is 523 g/mol. The number of nitrogens with zero attached hydrogens (tertiary/aromatic N) is 5. The van der Waals surface area contributed by atoms with Gasteiger partial charge >= 0.3 is 0 Å². The Kier molecular flexibility index (Phi) is 8.39. The van der Waals surface area contributed by atoms with Crippen molar-refractivity contribution in [3.8, 4) is 0 Å². The van der Waals surface area contributed by atoms with Gasteiger partial charge in [-0.1, -0.05) is 51.1 Å². The summed E-state index contributed by atoms with van der Waals surface area (Å²) in [4.78, 5) is 9.05. The Morgan fingerprint density at radius 3 is 2.40 bits per heavy atom. The summed E-state index contributed by atoms with van der Waals surface area (Å²) in [7, 11) is 1.95. The third-order valence-corrected chi connectivity index (χ3v) is 4.56. The molecule has 3 aromatic rings. The van der Waals surface area contributed by atoms with Gasteiger partial charge in [0.1, 0.15) is 11.6 Å². The first-order valence-corrected chi connectivity index (χ1v) is 9.69. The fourth-order valence-electron chi connectivity index (χ4n) is 2.59. The number of benzene rings is 1. The summed E-state index contributed by atoms with van der Waals surface area (Å²) >= 11 is 0. The van der Waals surface area contributed by atoms with Gasteiger partial charge in [0.15, 0.2) is 11.8 Å². The minimum absolute atomic E-state index is 0. The van der Waals surface area contributed by atoms with Crippen LogP contribution in [0.1, 0.15) is 49.6 Å². The molecule has 9 heteroatoms. The highest BCUT2D eigenvalue weighted by Gasteiger charge is 2.19. The van der Waals surface area contributed by atoms with Crippen molar-refractivity contribution in [3.05, 3.63) is 65.4 Å². The van der Waals surface area contributed by atoms with Gasteiger partial charge in [0.25, 0.3) is 0 Å². The number of hydrogen-bond acceptors (Lipinski definition) is 5. The normalized spacial score (nSPS) is 11.8. The van der Waals surface area contributed by atoms with Crippen LogP contribution in [0.4, 0.5) is 0 Å². The van der Waals surface area contributed by atoms with Crippen LogP contribution in [0, 0.1) is 6.92 Å². The zero-order valence-corrected chi connectivity index (χ0v) is 20.5. The molecule has 0 unspecified atom stereocenters. The van der Waals surface area contributed by atoms with Crippen molar-refractivity contribution < 1.29 is 4.42 Å². The predicted molar refractivity (Wildman–Crippen MR) is 128 cm³/mol. The molecule has 0 bridgehead atoms. The molecule has 2 N–H and O–H groups in total. The first-order chi connectivity index (χ1) is 13.8. The molecule has 30 heavy (non-hydrogen) atoms. The maximum absolute atomic E-state index is 5.86. The van der Waals surface area contributed by atoms with Crippen molar-refractivity contribution >= 4 is 29.9 Å². The fraction of sp³-hybridized carbons (Fsp3) is 0.429. The van der Waals surface area contributed by atoms with E-state index in [9.17, 15) is 0 Å². The lowest BCUT2D eigenvalue weighted by Crippen LogP contribution is -2.37. The topological polar surface area (TPSA) is 93.2 Å². The first kappa shape index (κ1) is 23.8. The molecule has 0 aliphatic carbocycles. The molecule has 2 heterocycles. The zero-order chi connectivity index (χ0) is 20.9. The Morgan fingerprint density at radius 2 is 1.80 bits per heavy atom. The molecular formula is C21H30IN7O. The molecule has 0 saturated carbocycles. The second-order valence-corrected chi connectivity index (χ2v) is 7.95. The van der Waals surface area contributed by atoms with Gasteiger partial charge in [0.05, 0.1) is 25.8 Å². The maximum Gasteiger partial charge on any atom is 0.213 e. The summed E-state index contributed by atoms with van der Waals surface area (Å²) in [5.74, 6) is 3.85. The van der Waals surface area contributed by atoms with E-state index in [2.05, 4.69) is 63.7 Å². The largest absolute Gasteiger partial charge is 0.443 e. The molecule has 162 valence electrons. The standard InChI is InChI=1S/C21H29N7O.HI/c1-15-26-27-18(28(15)5)13-24-20(23-11-16-9-7-6-8-10-16)25-14-19-22-12-17(29-19)21(2,3)4;/h6-10,12H,11,13-14H2,1-5H3,(H2,23,24,25);1H. The van der Waals surface area contributed by atoms with E-state index in [0.29, 0.717) is 31.5 Å². The van der Waals surface area contributed by atoms with E-state index in [1.165, 1.54) is 0 Å². The minimum Gasteiger partial charge on any atom is -0.443 e. The zero-order valence-electron chi connectivity index (χ0n) is 18.1. The summed E-state index contributed by atoms with van der Waals surface area (Å²) in [5, 5.41) is 14.9. The van der Waals surface area contributed by atoms with Crippen LogP contribution >= 0.6 is 24.0 Å². The lowest BCUT2D eigenvalue weighted by Gasteiger charge is -2.13. The van der Waals surface area contributed by atoms with E-state index in [1.54, 1.807) is 6.20 Å². The lowest BCUT2D eigenvalue weighted by molar-refractivity contribution is 0.379. The van der Waals surface area contributed by atoms with Crippen LogP contribution in [0.15, 0.2) is 45.9 Å². The molecule has 0 atom stereocenters. The Hall–Kier alpha value is -2.43. The molecule has 0 spiro atoms. The van der Waals surface area contributed by atoms with Crippen molar-refractivity contribution in [2.24, 2.45) is 12.0 Å². The third-order valence-electron chi connectivity index (χ3n) is 4.56. The number of hydrogen-bond donors (Lipinski definition) is 2. The fourth-order valence-corrected chi connectivity index (χ4v) is 2.59. The van der Waals surface area contributed by atoms with E-state index in [0.717, 1.165) is 23.0 Å². The molecule has 0 fully saturated rings. The molecule has 0 radical (unpaired) electrons. The van der Waals surface area contributed by atoms with Gasteiger partial charge in [-0.25, -0.2) is 9.98 Å². The van der Waals surface area contributed by atoms with Crippen LogP contribution < -0.4 is 10.6 Å². The van der Waals surface area contributed by atoms with Crippen molar-refractivity contribution in [3.63, 3.8) is 0 Å². The second kappa shape index (κ2) is 10.6. The van der Waals surface area contributed by atoms with Crippen molar-refractivity contribution in [1.82, 2.24) is 30.4 Å². The molecule has 0 amide bonds. The van der Waals surface area contributed by atoms with Gasteiger partial charge < -0.3 is 19.6 Å². The lowest BCUT2D eigenvalue weighted by atomic mass is 9.94. The summed E-state index contributed by atoms with van der Waals surface area (Å²) in [6, 6.07) is 10.1. The molecule has 0 aliphatic rings. The highest BCUT2D eigenvalue weighted by molar-refractivity contribution is 14.0. The Labute approximate surface area is 194 Å². The van der Waals surface area contributed by atoms with Gasteiger partial charge in [0.2, 0.25) is 5.89 Å². The highest BCUT2D eigenvalue weighted by atomic mass is 127. The summed E-state index contributed by atoms with van der Waals surface area (Å²) < 4.78 is 7.81. The van der Waals surface area contributed by atoms with Crippen LogP contribution in [0.2, 0.25) is 0 Å². The summed E-state index contributed by atoms with van der Waals surface area (Å²) in [6.45, 7) is 9.73. The molecule has 3 rings (SSSR count).